The van der Waals surface area contributed by atoms with E-state index in [0.717, 1.165) is 10.0 Å². The molecule has 2 rings (SSSR count). The van der Waals surface area contributed by atoms with Crippen LogP contribution in [0, 0.1) is 11.8 Å². The quantitative estimate of drug-likeness (QED) is 0.521. The predicted octanol–water partition coefficient (Wildman–Crippen LogP) is 4.99. The van der Waals surface area contributed by atoms with Crippen molar-refractivity contribution in [2.75, 3.05) is 0 Å². The third-order valence-corrected chi connectivity index (χ3v) is 3.25. The number of carbonyl (C=O) groups excluding carboxylic acids is 1. The van der Waals surface area contributed by atoms with E-state index in [1.54, 1.807) is 18.2 Å². The molecule has 0 aromatic heterocycles. The molecule has 2 aromatic carbocycles. The topological polar surface area (TPSA) is 17.1 Å². The van der Waals surface area contributed by atoms with Gasteiger partial charge in [-0.2, -0.15) is 0 Å². The average Bonchev–Trinajstić information content (AvgIpc) is 2.36. The molecule has 0 saturated carbocycles. The van der Waals surface area contributed by atoms with E-state index in [0.29, 0.717) is 15.6 Å². The zero-order valence-corrected chi connectivity index (χ0v) is 12.7. The Morgan fingerprint density at radius 2 is 1.58 bits per heavy atom. The molecule has 94 valence electrons. The van der Waals surface area contributed by atoms with Crippen molar-refractivity contribution in [2.45, 2.75) is 0 Å². The van der Waals surface area contributed by atoms with Gasteiger partial charge in [0.15, 0.2) is 0 Å². The minimum absolute atomic E-state index is 0.313. The van der Waals surface area contributed by atoms with Gasteiger partial charge in [-0.25, -0.2) is 0 Å². The third-order valence-electron chi connectivity index (χ3n) is 2.29. The first-order chi connectivity index (χ1) is 9.04. The summed E-state index contributed by atoms with van der Waals surface area (Å²) >= 11 is 15.0. The van der Waals surface area contributed by atoms with E-state index in [1.807, 2.05) is 24.3 Å². The average molecular weight is 354 g/mol. The molecule has 1 nitrogen and oxygen atoms in total. The summed E-state index contributed by atoms with van der Waals surface area (Å²) in [6.07, 6.45) is 0. The maximum absolute atomic E-state index is 11.9. The van der Waals surface area contributed by atoms with E-state index in [4.69, 9.17) is 23.2 Å². The van der Waals surface area contributed by atoms with Crippen molar-refractivity contribution < 1.29 is 4.79 Å². The van der Waals surface area contributed by atoms with Crippen LogP contribution in [-0.4, -0.2) is 5.78 Å². The molecule has 0 bridgehead atoms. The fourth-order valence-corrected chi connectivity index (χ4v) is 2.21. The first kappa shape index (κ1) is 14.1. The van der Waals surface area contributed by atoms with Crippen molar-refractivity contribution >= 4 is 44.9 Å². The molecule has 0 aliphatic rings. The standard InChI is InChI=1S/C15H7BrCl2O/c16-12-4-1-10(2-5-12)3-6-15(19)11-7-13(17)9-14(18)8-11/h1-2,4-5,7-9H. The van der Waals surface area contributed by atoms with Crippen molar-refractivity contribution in [3.05, 3.63) is 68.1 Å². The van der Waals surface area contributed by atoms with Gasteiger partial charge in [0.1, 0.15) is 0 Å². The van der Waals surface area contributed by atoms with Crippen LogP contribution in [0.15, 0.2) is 46.9 Å². The SMILES string of the molecule is O=C(C#Cc1ccc(Br)cc1)c1cc(Cl)cc(Cl)c1. The molecule has 0 aliphatic carbocycles. The largest absolute Gasteiger partial charge is 0.279 e. The number of benzene rings is 2. The van der Waals surface area contributed by atoms with Crippen LogP contribution in [0.5, 0.6) is 0 Å². The molecule has 0 aliphatic heterocycles. The molecule has 2 aromatic rings. The Labute approximate surface area is 129 Å². The van der Waals surface area contributed by atoms with Crippen LogP contribution in [0.4, 0.5) is 0 Å². The first-order valence-corrected chi connectivity index (χ1v) is 6.87. The van der Waals surface area contributed by atoms with Gasteiger partial charge in [-0.1, -0.05) is 45.1 Å². The van der Waals surface area contributed by atoms with Gasteiger partial charge in [-0.05, 0) is 48.4 Å². The van der Waals surface area contributed by atoms with Crippen molar-refractivity contribution in [1.29, 1.82) is 0 Å². The molecule has 4 heteroatoms. The lowest BCUT2D eigenvalue weighted by Crippen LogP contribution is -1.95. The summed E-state index contributed by atoms with van der Waals surface area (Å²) in [5.41, 5.74) is 1.16. The maximum Gasteiger partial charge on any atom is 0.236 e. The van der Waals surface area contributed by atoms with Gasteiger partial charge in [0.2, 0.25) is 5.78 Å². The summed E-state index contributed by atoms with van der Waals surface area (Å²) in [6.45, 7) is 0. The second-order valence-electron chi connectivity index (χ2n) is 3.74. The van der Waals surface area contributed by atoms with Gasteiger partial charge in [-0.3, -0.25) is 4.79 Å². The van der Waals surface area contributed by atoms with E-state index in [1.165, 1.54) is 0 Å². The normalized spacial score (nSPS) is 9.63. The second kappa shape index (κ2) is 6.25. The van der Waals surface area contributed by atoms with Gasteiger partial charge in [0.05, 0.1) is 0 Å². The number of halogens is 3. The Balaban J connectivity index is 2.24. The number of rotatable bonds is 1. The summed E-state index contributed by atoms with van der Waals surface area (Å²) in [4.78, 5) is 11.9. The molecule has 0 radical (unpaired) electrons. The van der Waals surface area contributed by atoms with E-state index < -0.39 is 0 Å². The highest BCUT2D eigenvalue weighted by Crippen LogP contribution is 2.19. The summed E-state index contributed by atoms with van der Waals surface area (Å²) in [6, 6.07) is 12.1. The highest BCUT2D eigenvalue weighted by molar-refractivity contribution is 9.10. The smallest absolute Gasteiger partial charge is 0.236 e. The van der Waals surface area contributed by atoms with Crippen LogP contribution < -0.4 is 0 Å². The molecule has 0 heterocycles. The van der Waals surface area contributed by atoms with Gasteiger partial charge in [-0.15, -0.1) is 0 Å². The lowest BCUT2D eigenvalue weighted by atomic mass is 10.1. The Morgan fingerprint density at radius 3 is 2.16 bits per heavy atom. The van der Waals surface area contributed by atoms with Crippen LogP contribution >= 0.6 is 39.1 Å². The van der Waals surface area contributed by atoms with Crippen LogP contribution in [0.1, 0.15) is 15.9 Å². The molecular weight excluding hydrogens is 347 g/mol. The number of Topliss-reactive ketones (excluding diaryl/α,β-unsaturated/α-hetero) is 1. The Bertz CT molecular complexity index is 661. The molecule has 0 spiro atoms. The maximum atomic E-state index is 11.9. The zero-order chi connectivity index (χ0) is 13.8. The van der Waals surface area contributed by atoms with E-state index in [9.17, 15) is 4.79 Å². The number of carbonyl (C=O) groups is 1. The van der Waals surface area contributed by atoms with Crippen molar-refractivity contribution in [2.24, 2.45) is 0 Å². The second-order valence-corrected chi connectivity index (χ2v) is 5.53. The van der Waals surface area contributed by atoms with Gasteiger partial charge < -0.3 is 0 Å². The summed E-state index contributed by atoms with van der Waals surface area (Å²) in [7, 11) is 0. The molecule has 0 unspecified atom stereocenters. The lowest BCUT2D eigenvalue weighted by Gasteiger charge is -1.97. The Morgan fingerprint density at radius 1 is 1.00 bits per heavy atom. The fourth-order valence-electron chi connectivity index (χ4n) is 1.42. The van der Waals surface area contributed by atoms with E-state index in [-0.39, 0.29) is 5.78 Å². The molecular formula is C15H7BrCl2O. The Hall–Kier alpha value is -1.27. The monoisotopic (exact) mass is 352 g/mol. The minimum atomic E-state index is -0.313. The lowest BCUT2D eigenvalue weighted by molar-refractivity contribution is 0.105. The number of ketones is 1. The molecule has 0 N–H and O–H groups in total. The third kappa shape index (κ3) is 4.11. The minimum Gasteiger partial charge on any atom is -0.279 e. The van der Waals surface area contributed by atoms with E-state index in [2.05, 4.69) is 27.8 Å². The summed E-state index contributed by atoms with van der Waals surface area (Å²) in [5.74, 6) is 5.06. The highest BCUT2D eigenvalue weighted by Gasteiger charge is 2.04. The van der Waals surface area contributed by atoms with Crippen LogP contribution in [0.2, 0.25) is 10.0 Å². The van der Waals surface area contributed by atoms with Gasteiger partial charge in [0, 0.05) is 25.6 Å². The predicted molar refractivity (Wildman–Crippen MR) is 81.8 cm³/mol. The zero-order valence-electron chi connectivity index (χ0n) is 9.58. The van der Waals surface area contributed by atoms with E-state index >= 15 is 0 Å². The van der Waals surface area contributed by atoms with Crippen molar-refractivity contribution in [3.8, 4) is 11.8 Å². The first-order valence-electron chi connectivity index (χ1n) is 5.32. The molecule has 0 fully saturated rings. The number of hydrogen-bond acceptors (Lipinski definition) is 1. The van der Waals surface area contributed by atoms with Crippen molar-refractivity contribution in [3.63, 3.8) is 0 Å². The van der Waals surface area contributed by atoms with Crippen LogP contribution in [0.25, 0.3) is 0 Å². The molecule has 0 atom stereocenters. The van der Waals surface area contributed by atoms with Gasteiger partial charge in [0.25, 0.3) is 0 Å². The summed E-state index contributed by atoms with van der Waals surface area (Å²) in [5, 5.41) is 0.836. The molecule has 0 saturated heterocycles. The van der Waals surface area contributed by atoms with Crippen LogP contribution in [-0.2, 0) is 0 Å². The highest BCUT2D eigenvalue weighted by atomic mass is 79.9. The van der Waals surface area contributed by atoms with Crippen molar-refractivity contribution in [1.82, 2.24) is 0 Å². The molecule has 0 amide bonds. The fraction of sp³-hybridized carbons (Fsp3) is 0. The van der Waals surface area contributed by atoms with Gasteiger partial charge >= 0.3 is 0 Å². The Kier molecular flexibility index (Phi) is 4.66. The number of hydrogen-bond donors (Lipinski definition) is 0. The summed E-state index contributed by atoms with van der Waals surface area (Å²) < 4.78 is 0.964. The van der Waals surface area contributed by atoms with Crippen LogP contribution in [0.3, 0.4) is 0 Å². The molecule has 19 heavy (non-hydrogen) atoms.